The van der Waals surface area contributed by atoms with Crippen molar-refractivity contribution in [1.29, 1.82) is 0 Å². The van der Waals surface area contributed by atoms with Crippen LogP contribution >= 0.6 is 0 Å². The molecular formula is C21H39AsNO4+. The van der Waals surface area contributed by atoms with Crippen molar-refractivity contribution in [2.75, 3.05) is 20.6 Å². The molecule has 1 rings (SSSR count). The van der Waals surface area contributed by atoms with Gasteiger partial charge in [-0.3, -0.25) is 0 Å². The third-order valence-electron chi connectivity index (χ3n) is 4.44. The zero-order valence-electron chi connectivity index (χ0n) is 17.3. The molecule has 0 bridgehead atoms. The summed E-state index contributed by atoms with van der Waals surface area (Å²) in [5.41, 5.74) is 2.63. The molecule has 0 aromatic heterocycles. The van der Waals surface area contributed by atoms with Crippen LogP contribution in [0.1, 0.15) is 69.4 Å². The maximum absolute atomic E-state index is 8.94. The summed E-state index contributed by atoms with van der Waals surface area (Å²) < 4.78 is 31.8. The van der Waals surface area contributed by atoms with Crippen molar-refractivity contribution in [3.8, 4) is 0 Å². The Morgan fingerprint density at radius 2 is 1.37 bits per heavy atom. The van der Waals surface area contributed by atoms with E-state index >= 15 is 0 Å². The molecule has 1 aromatic carbocycles. The van der Waals surface area contributed by atoms with E-state index in [-0.39, 0.29) is 0 Å². The van der Waals surface area contributed by atoms with Crippen molar-refractivity contribution < 1.29 is 20.5 Å². The second-order valence-electron chi connectivity index (χ2n) is 7.75. The van der Waals surface area contributed by atoms with Crippen LogP contribution < -0.4 is 0 Å². The second-order valence-corrected chi connectivity index (χ2v) is 9.91. The predicted octanol–water partition coefficient (Wildman–Crippen LogP) is 3.88. The Morgan fingerprint density at radius 3 is 1.81 bits per heavy atom. The van der Waals surface area contributed by atoms with Crippen LogP contribution in [0.3, 0.4) is 0 Å². The van der Waals surface area contributed by atoms with Crippen LogP contribution in [0.4, 0.5) is 0 Å². The van der Waals surface area contributed by atoms with Gasteiger partial charge in [0.1, 0.15) is 6.54 Å². The first-order chi connectivity index (χ1) is 12.6. The molecule has 0 spiro atoms. The second kappa shape index (κ2) is 14.2. The number of quaternary nitrogens is 1. The average molecular weight is 444 g/mol. The van der Waals surface area contributed by atoms with E-state index in [1.165, 1.54) is 69.0 Å². The van der Waals surface area contributed by atoms with Crippen molar-refractivity contribution in [3.05, 3.63) is 42.0 Å². The van der Waals surface area contributed by atoms with Crippen LogP contribution in [0, 0.1) is 0 Å². The van der Waals surface area contributed by atoms with Crippen molar-refractivity contribution in [2.45, 2.75) is 64.8 Å². The van der Waals surface area contributed by atoms with Gasteiger partial charge in [0.2, 0.25) is 0 Å². The van der Waals surface area contributed by atoms with Gasteiger partial charge in [0.25, 0.3) is 0 Å². The van der Waals surface area contributed by atoms with Crippen LogP contribution in [0.15, 0.2) is 30.8 Å². The van der Waals surface area contributed by atoms with Crippen molar-refractivity contribution in [2.24, 2.45) is 0 Å². The number of hydrogen-bond acceptors (Lipinski definition) is 1. The third kappa shape index (κ3) is 18.3. The molecule has 156 valence electrons. The first-order valence-electron chi connectivity index (χ1n) is 9.89. The first kappa shape index (κ1) is 26.2. The Bertz CT molecular complexity index is 544. The SMILES string of the molecule is C=Cc1ccc(C[N+](C)(C)CCCCCCCCCC)cc1.O=[As](O)(O)O. The molecule has 0 aliphatic rings. The summed E-state index contributed by atoms with van der Waals surface area (Å²) in [6, 6.07) is 8.81. The van der Waals surface area contributed by atoms with Crippen LogP contribution in [0.2, 0.25) is 0 Å². The quantitative estimate of drug-likeness (QED) is 0.260. The molecule has 1 aromatic rings. The normalized spacial score (nSPS) is 11.6. The molecule has 0 heterocycles. The average Bonchev–Trinajstić information content (AvgIpc) is 2.56. The molecule has 0 atom stereocenters. The van der Waals surface area contributed by atoms with Gasteiger partial charge in [-0.2, -0.15) is 0 Å². The number of unbranched alkanes of at least 4 members (excludes halogenated alkanes) is 7. The van der Waals surface area contributed by atoms with Crippen molar-refractivity contribution >= 4 is 20.6 Å². The number of nitrogens with zero attached hydrogens (tertiary/aromatic N) is 1. The van der Waals surface area contributed by atoms with Gasteiger partial charge >= 0.3 is 30.5 Å². The molecule has 27 heavy (non-hydrogen) atoms. The summed E-state index contributed by atoms with van der Waals surface area (Å²) >= 11 is -5.12. The van der Waals surface area contributed by atoms with E-state index in [0.29, 0.717) is 0 Å². The molecule has 0 aliphatic heterocycles. The fourth-order valence-corrected chi connectivity index (χ4v) is 3.01. The molecule has 0 saturated carbocycles. The number of hydrogen-bond donors (Lipinski definition) is 3. The van der Waals surface area contributed by atoms with E-state index < -0.39 is 14.5 Å². The Morgan fingerprint density at radius 1 is 0.926 bits per heavy atom. The van der Waals surface area contributed by atoms with E-state index in [2.05, 4.69) is 51.9 Å². The Hall–Kier alpha value is -0.842. The molecule has 5 nitrogen and oxygen atoms in total. The molecule has 0 radical (unpaired) electrons. The minimum atomic E-state index is -5.12. The van der Waals surface area contributed by atoms with Gasteiger partial charge in [-0.1, -0.05) is 82.4 Å². The van der Waals surface area contributed by atoms with Crippen LogP contribution in [0.5, 0.6) is 0 Å². The zero-order valence-corrected chi connectivity index (χ0v) is 19.2. The molecular weight excluding hydrogens is 405 g/mol. The Labute approximate surface area is 168 Å². The van der Waals surface area contributed by atoms with E-state index in [4.69, 9.17) is 16.0 Å². The molecule has 3 N–H and O–H groups in total. The fourth-order valence-electron chi connectivity index (χ4n) is 3.01. The fraction of sp³-hybridized carbons (Fsp3) is 0.619. The van der Waals surface area contributed by atoms with Crippen molar-refractivity contribution in [1.82, 2.24) is 0 Å². The van der Waals surface area contributed by atoms with Gasteiger partial charge < -0.3 is 4.48 Å². The van der Waals surface area contributed by atoms with Crippen LogP contribution in [-0.2, 0) is 10.3 Å². The van der Waals surface area contributed by atoms with Crippen LogP contribution in [0.25, 0.3) is 6.08 Å². The van der Waals surface area contributed by atoms with Gasteiger partial charge in [0, 0.05) is 5.56 Å². The van der Waals surface area contributed by atoms with Gasteiger partial charge in [-0.25, -0.2) is 0 Å². The molecule has 6 heteroatoms. The standard InChI is InChI=1S/C21H36N.AsH3O4/c1-5-7-8-9-10-11-12-13-18-22(3,4)19-21-16-14-20(6-2)15-17-21;2-1(3,4)5/h6,14-17H,2,5,7-13,18-19H2,1,3-4H3;(H3,2,3,4,5)/q+1;. The summed E-state index contributed by atoms with van der Waals surface area (Å²) in [5, 5.41) is 0. The minimum absolute atomic E-state index is 1.09. The molecule has 0 aliphatic carbocycles. The summed E-state index contributed by atoms with van der Waals surface area (Å²) in [5.74, 6) is 0. The zero-order chi connectivity index (χ0) is 20.8. The van der Waals surface area contributed by atoms with Gasteiger partial charge in [-0.15, -0.1) is 0 Å². The first-order valence-corrected chi connectivity index (χ1v) is 13.2. The van der Waals surface area contributed by atoms with Gasteiger partial charge in [0.15, 0.2) is 0 Å². The number of benzene rings is 1. The molecule has 0 unspecified atom stereocenters. The summed E-state index contributed by atoms with van der Waals surface area (Å²) in [6.45, 7) is 8.49. The van der Waals surface area contributed by atoms with E-state index in [0.717, 1.165) is 11.0 Å². The van der Waals surface area contributed by atoms with Crippen LogP contribution in [-0.4, -0.2) is 51.9 Å². The topological polar surface area (TPSA) is 77.8 Å². The molecule has 0 saturated heterocycles. The van der Waals surface area contributed by atoms with E-state index in [9.17, 15) is 0 Å². The predicted molar refractivity (Wildman–Crippen MR) is 113 cm³/mol. The maximum atomic E-state index is 8.94. The third-order valence-corrected chi connectivity index (χ3v) is 4.44. The Balaban J connectivity index is 0.00000119. The summed E-state index contributed by atoms with van der Waals surface area (Å²) in [6.07, 6.45) is 13.1. The summed E-state index contributed by atoms with van der Waals surface area (Å²) in [7, 11) is 4.70. The summed E-state index contributed by atoms with van der Waals surface area (Å²) in [4.78, 5) is 0. The van der Waals surface area contributed by atoms with Crippen molar-refractivity contribution in [3.63, 3.8) is 0 Å². The van der Waals surface area contributed by atoms with Gasteiger partial charge in [-0.05, 0) is 18.4 Å². The van der Waals surface area contributed by atoms with Gasteiger partial charge in [0.05, 0.1) is 20.6 Å². The molecule has 0 amide bonds. The van der Waals surface area contributed by atoms with E-state index in [1.807, 2.05) is 6.08 Å². The number of rotatable bonds is 12. The van der Waals surface area contributed by atoms with E-state index in [1.54, 1.807) is 0 Å². The molecule has 0 fully saturated rings. The Kier molecular flexibility index (Phi) is 13.8. The monoisotopic (exact) mass is 444 g/mol.